The summed E-state index contributed by atoms with van der Waals surface area (Å²) in [5.74, 6) is 2.98. The quantitative estimate of drug-likeness (QED) is 0.347. The van der Waals surface area contributed by atoms with E-state index in [0.29, 0.717) is 30.5 Å². The number of benzene rings is 2. The van der Waals surface area contributed by atoms with Crippen LogP contribution in [0.5, 0.6) is 5.75 Å². The van der Waals surface area contributed by atoms with E-state index in [1.54, 1.807) is 13.2 Å². The van der Waals surface area contributed by atoms with Crippen molar-refractivity contribution >= 4 is 16.9 Å². The summed E-state index contributed by atoms with van der Waals surface area (Å²) in [5.41, 5.74) is 2.62. The zero-order valence-electron chi connectivity index (χ0n) is 19.7. The Hall–Kier alpha value is -3.61. The van der Waals surface area contributed by atoms with E-state index in [2.05, 4.69) is 4.57 Å². The van der Waals surface area contributed by atoms with Crippen LogP contribution in [0.3, 0.4) is 0 Å². The molecule has 0 bridgehead atoms. The summed E-state index contributed by atoms with van der Waals surface area (Å²) in [4.78, 5) is 19.9. The van der Waals surface area contributed by atoms with Crippen molar-refractivity contribution in [1.29, 1.82) is 0 Å². The van der Waals surface area contributed by atoms with Crippen LogP contribution >= 0.6 is 0 Å². The van der Waals surface area contributed by atoms with Crippen molar-refractivity contribution in [3.63, 3.8) is 0 Å². The number of furan rings is 1. The van der Waals surface area contributed by atoms with Crippen molar-refractivity contribution < 1.29 is 18.3 Å². The zero-order valence-corrected chi connectivity index (χ0v) is 19.7. The van der Waals surface area contributed by atoms with Gasteiger partial charge in [-0.2, -0.15) is 0 Å². The van der Waals surface area contributed by atoms with Crippen LogP contribution in [0, 0.1) is 5.82 Å². The molecule has 6 nitrogen and oxygen atoms in total. The Morgan fingerprint density at radius 2 is 1.80 bits per heavy atom. The number of methoxy groups -OCH3 is 1. The summed E-state index contributed by atoms with van der Waals surface area (Å²) in [6.45, 7) is 1.29. The van der Waals surface area contributed by atoms with Crippen LogP contribution in [0.1, 0.15) is 60.4 Å². The molecule has 1 aliphatic heterocycles. The second-order valence-corrected chi connectivity index (χ2v) is 9.52. The number of likely N-dealkylation sites (tertiary alicyclic amines) is 1. The summed E-state index contributed by atoms with van der Waals surface area (Å²) in [7, 11) is 1.63. The molecule has 2 aromatic heterocycles. The van der Waals surface area contributed by atoms with Gasteiger partial charge in [-0.1, -0.05) is 6.42 Å². The number of carbonyl (C=O) groups is 1. The van der Waals surface area contributed by atoms with Gasteiger partial charge in [0.05, 0.1) is 18.1 Å². The van der Waals surface area contributed by atoms with Gasteiger partial charge in [-0.15, -0.1) is 0 Å². The fourth-order valence-corrected chi connectivity index (χ4v) is 5.27. The Bertz CT molecular complexity index is 1360. The van der Waals surface area contributed by atoms with E-state index < -0.39 is 0 Å². The zero-order chi connectivity index (χ0) is 23.9. The first kappa shape index (κ1) is 21.9. The largest absolute Gasteiger partial charge is 0.497 e. The molecule has 0 spiro atoms. The minimum absolute atomic E-state index is 0.0833. The van der Waals surface area contributed by atoms with E-state index in [1.165, 1.54) is 18.6 Å². The number of rotatable bonds is 5. The van der Waals surface area contributed by atoms with E-state index in [9.17, 15) is 9.18 Å². The molecule has 7 heteroatoms. The molecule has 180 valence electrons. The predicted molar refractivity (Wildman–Crippen MR) is 131 cm³/mol. The first-order valence-corrected chi connectivity index (χ1v) is 12.3. The van der Waals surface area contributed by atoms with Gasteiger partial charge in [-0.05, 0) is 74.2 Å². The Kier molecular flexibility index (Phi) is 5.55. The summed E-state index contributed by atoms with van der Waals surface area (Å²) >= 11 is 0. The van der Waals surface area contributed by atoms with Crippen LogP contribution < -0.4 is 4.74 Å². The lowest BCUT2D eigenvalue weighted by Gasteiger charge is -2.35. The van der Waals surface area contributed by atoms with Gasteiger partial charge in [0.1, 0.15) is 23.2 Å². The third kappa shape index (κ3) is 3.99. The van der Waals surface area contributed by atoms with Crippen molar-refractivity contribution in [2.45, 2.75) is 44.1 Å². The van der Waals surface area contributed by atoms with Gasteiger partial charge in [-0.3, -0.25) is 4.79 Å². The lowest BCUT2D eigenvalue weighted by molar-refractivity contribution is 0.0663. The van der Waals surface area contributed by atoms with Gasteiger partial charge < -0.3 is 18.6 Å². The molecule has 2 aliphatic rings. The molecule has 0 N–H and O–H groups in total. The second-order valence-electron chi connectivity index (χ2n) is 9.52. The number of fused-ring (bicyclic) bond motifs is 1. The Morgan fingerprint density at radius 3 is 2.49 bits per heavy atom. The lowest BCUT2D eigenvalue weighted by atomic mass is 9.84. The minimum Gasteiger partial charge on any atom is -0.497 e. The van der Waals surface area contributed by atoms with Crippen LogP contribution in [-0.4, -0.2) is 40.6 Å². The molecule has 35 heavy (non-hydrogen) atoms. The minimum atomic E-state index is -0.254. The second kappa shape index (κ2) is 8.87. The van der Waals surface area contributed by atoms with Crippen molar-refractivity contribution in [3.05, 3.63) is 72.0 Å². The van der Waals surface area contributed by atoms with Crippen molar-refractivity contribution in [2.24, 2.45) is 0 Å². The molecule has 1 amide bonds. The molecule has 2 aromatic carbocycles. The molecule has 6 rings (SSSR count). The third-order valence-corrected chi connectivity index (χ3v) is 7.46. The summed E-state index contributed by atoms with van der Waals surface area (Å²) in [6, 6.07) is 16.3. The third-order valence-electron chi connectivity index (χ3n) is 7.46. The number of aromatic nitrogens is 2. The average Bonchev–Trinajstić information content (AvgIpc) is 3.48. The highest BCUT2D eigenvalue weighted by Crippen LogP contribution is 2.40. The molecule has 2 fully saturated rings. The molecule has 3 heterocycles. The SMILES string of the molecule is COc1ccc(-c2ccc(C(=O)N3CCC(n4c(C5CCC5)nc5cc(F)ccc54)CC3)o2)cc1. The van der Waals surface area contributed by atoms with E-state index in [4.69, 9.17) is 14.1 Å². The lowest BCUT2D eigenvalue weighted by Crippen LogP contribution is -2.39. The van der Waals surface area contributed by atoms with Crippen LogP contribution in [-0.2, 0) is 0 Å². The van der Waals surface area contributed by atoms with Gasteiger partial charge in [0.15, 0.2) is 5.76 Å². The Morgan fingerprint density at radius 1 is 1.03 bits per heavy atom. The number of piperidine rings is 1. The van der Waals surface area contributed by atoms with E-state index in [-0.39, 0.29) is 17.8 Å². The molecule has 0 radical (unpaired) electrons. The molecule has 1 saturated heterocycles. The van der Waals surface area contributed by atoms with Crippen molar-refractivity contribution in [3.8, 4) is 17.1 Å². The number of ether oxygens (including phenoxy) is 1. The molecule has 1 aliphatic carbocycles. The topological polar surface area (TPSA) is 60.5 Å². The van der Waals surface area contributed by atoms with Crippen LogP contribution in [0.4, 0.5) is 4.39 Å². The maximum atomic E-state index is 13.9. The van der Waals surface area contributed by atoms with Gasteiger partial charge in [0.2, 0.25) is 0 Å². The van der Waals surface area contributed by atoms with E-state index in [0.717, 1.165) is 53.9 Å². The van der Waals surface area contributed by atoms with Gasteiger partial charge in [-0.25, -0.2) is 9.37 Å². The Balaban J connectivity index is 1.18. The fraction of sp³-hybridized carbons (Fsp3) is 0.357. The van der Waals surface area contributed by atoms with Gasteiger partial charge in [0.25, 0.3) is 5.91 Å². The average molecular weight is 474 g/mol. The van der Waals surface area contributed by atoms with E-state index in [1.807, 2.05) is 41.3 Å². The summed E-state index contributed by atoms with van der Waals surface area (Å²) in [5, 5.41) is 0. The highest BCUT2D eigenvalue weighted by atomic mass is 19.1. The van der Waals surface area contributed by atoms with Crippen molar-refractivity contribution in [2.75, 3.05) is 20.2 Å². The summed E-state index contributed by atoms with van der Waals surface area (Å²) in [6.07, 6.45) is 5.16. The molecular weight excluding hydrogens is 445 g/mol. The van der Waals surface area contributed by atoms with E-state index >= 15 is 0 Å². The predicted octanol–water partition coefficient (Wildman–Crippen LogP) is 6.19. The molecule has 0 unspecified atom stereocenters. The van der Waals surface area contributed by atoms with Crippen molar-refractivity contribution in [1.82, 2.24) is 14.5 Å². The standard InChI is InChI=1S/C28H28FN3O3/c1-34-22-8-5-18(6-9-22)25-11-12-26(35-25)28(33)31-15-13-21(14-16-31)32-24-10-7-20(29)17-23(24)30-27(32)19-3-2-4-19/h5-12,17,19,21H,2-4,13-16H2,1H3. The Labute approximate surface area is 203 Å². The monoisotopic (exact) mass is 473 g/mol. The number of halogens is 1. The highest BCUT2D eigenvalue weighted by Gasteiger charge is 2.32. The number of amides is 1. The fourth-order valence-electron chi connectivity index (χ4n) is 5.27. The van der Waals surface area contributed by atoms with Crippen LogP contribution in [0.25, 0.3) is 22.4 Å². The normalized spacial score (nSPS) is 17.0. The van der Waals surface area contributed by atoms with Crippen LogP contribution in [0.15, 0.2) is 59.0 Å². The number of imidazole rings is 1. The number of hydrogen-bond donors (Lipinski definition) is 0. The first-order valence-electron chi connectivity index (χ1n) is 12.3. The smallest absolute Gasteiger partial charge is 0.289 e. The number of hydrogen-bond acceptors (Lipinski definition) is 4. The number of nitrogens with zero attached hydrogens (tertiary/aromatic N) is 3. The van der Waals surface area contributed by atoms with Gasteiger partial charge >= 0.3 is 0 Å². The molecule has 1 saturated carbocycles. The maximum absolute atomic E-state index is 13.9. The first-order chi connectivity index (χ1) is 17.1. The maximum Gasteiger partial charge on any atom is 0.289 e. The molecule has 0 atom stereocenters. The number of carbonyl (C=O) groups excluding carboxylic acids is 1. The van der Waals surface area contributed by atoms with Crippen LogP contribution in [0.2, 0.25) is 0 Å². The molecular formula is C28H28FN3O3. The summed E-state index contributed by atoms with van der Waals surface area (Å²) < 4.78 is 27.3. The van der Waals surface area contributed by atoms with Gasteiger partial charge in [0, 0.05) is 36.7 Å². The molecule has 4 aromatic rings. The highest BCUT2D eigenvalue weighted by molar-refractivity contribution is 5.92.